The lowest BCUT2D eigenvalue weighted by Crippen LogP contribution is -2.53. The van der Waals surface area contributed by atoms with E-state index in [1.807, 2.05) is 18.2 Å². The summed E-state index contributed by atoms with van der Waals surface area (Å²) < 4.78 is 0. The summed E-state index contributed by atoms with van der Waals surface area (Å²) in [5, 5.41) is 0. The van der Waals surface area contributed by atoms with Gasteiger partial charge in [0.25, 0.3) is 0 Å². The third kappa shape index (κ3) is 6.91. The van der Waals surface area contributed by atoms with E-state index in [1.165, 1.54) is 39.9 Å². The standard InChI is InChI=1S/C32H42N6OS/c1-24-19-27(22-36-15-17-38(18-16-36)32(39)37-13-7-4-8-14-37)11-12-28(24)30-20-29(35-23-33)31(40-30)25(2)34-21-26-9-5-3-6-10-26/h3,5-6,9-10,19-20,23H,4,7-8,11-18,21-22H2,1-2H3,(H2,33,35). The third-order valence-electron chi connectivity index (χ3n) is 8.18. The Kier molecular flexibility index (Phi) is 9.49. The van der Waals surface area contributed by atoms with Crippen LogP contribution in [-0.4, -0.2) is 78.6 Å². The third-order valence-corrected chi connectivity index (χ3v) is 9.48. The topological polar surface area (TPSA) is 77.5 Å². The van der Waals surface area contributed by atoms with E-state index in [4.69, 9.17) is 10.7 Å². The van der Waals surface area contributed by atoms with Crippen molar-refractivity contribution in [3.8, 4) is 0 Å². The van der Waals surface area contributed by atoms with Crippen LogP contribution in [0.5, 0.6) is 0 Å². The predicted molar refractivity (Wildman–Crippen MR) is 168 cm³/mol. The summed E-state index contributed by atoms with van der Waals surface area (Å²) >= 11 is 1.77. The molecule has 0 radical (unpaired) electrons. The minimum absolute atomic E-state index is 0.244. The molecule has 1 aliphatic carbocycles. The van der Waals surface area contributed by atoms with Gasteiger partial charge in [-0.3, -0.25) is 9.89 Å². The number of piperidine rings is 1. The van der Waals surface area contributed by atoms with Crippen LogP contribution in [0.4, 0.5) is 10.5 Å². The largest absolute Gasteiger partial charge is 0.390 e. The van der Waals surface area contributed by atoms with Crippen molar-refractivity contribution < 1.29 is 4.79 Å². The number of amides is 2. The Hall–Kier alpha value is -3.23. The van der Waals surface area contributed by atoms with Crippen molar-refractivity contribution in [2.24, 2.45) is 15.7 Å². The van der Waals surface area contributed by atoms with Gasteiger partial charge in [0, 0.05) is 50.7 Å². The molecule has 5 rings (SSSR count). The number of carbonyl (C=O) groups is 1. The molecule has 2 fully saturated rings. The molecule has 0 atom stereocenters. The summed E-state index contributed by atoms with van der Waals surface area (Å²) in [5.74, 6) is 0. The highest BCUT2D eigenvalue weighted by molar-refractivity contribution is 7.15. The minimum Gasteiger partial charge on any atom is -0.390 e. The first-order chi connectivity index (χ1) is 19.5. The number of allylic oxidation sites excluding steroid dienone is 3. The highest BCUT2D eigenvalue weighted by Crippen LogP contribution is 2.40. The molecule has 3 heterocycles. The molecule has 0 unspecified atom stereocenters. The van der Waals surface area contributed by atoms with Crippen molar-refractivity contribution >= 4 is 40.7 Å². The van der Waals surface area contributed by atoms with E-state index in [-0.39, 0.29) is 6.03 Å². The fourth-order valence-electron chi connectivity index (χ4n) is 5.89. The maximum Gasteiger partial charge on any atom is 0.320 e. The lowest BCUT2D eigenvalue weighted by molar-refractivity contribution is 0.110. The fourth-order valence-corrected chi connectivity index (χ4v) is 7.10. The molecule has 1 aromatic heterocycles. The molecule has 1 aromatic carbocycles. The average Bonchev–Trinajstić information content (AvgIpc) is 3.41. The Labute approximate surface area is 242 Å². The van der Waals surface area contributed by atoms with Crippen LogP contribution in [0.3, 0.4) is 0 Å². The number of likely N-dealkylation sites (tertiary alicyclic amines) is 1. The summed E-state index contributed by atoms with van der Waals surface area (Å²) in [6.45, 7) is 11.3. The number of carbonyl (C=O) groups excluding carboxylic acids is 1. The van der Waals surface area contributed by atoms with Crippen molar-refractivity contribution in [1.82, 2.24) is 14.7 Å². The van der Waals surface area contributed by atoms with E-state index in [9.17, 15) is 4.79 Å². The van der Waals surface area contributed by atoms with E-state index in [0.717, 1.165) is 87.8 Å². The fraction of sp³-hybridized carbons (Fsp3) is 0.469. The highest BCUT2D eigenvalue weighted by atomic mass is 32.1. The van der Waals surface area contributed by atoms with Gasteiger partial charge in [-0.2, -0.15) is 0 Å². The van der Waals surface area contributed by atoms with Crippen molar-refractivity contribution in [3.05, 3.63) is 68.9 Å². The van der Waals surface area contributed by atoms with E-state index >= 15 is 0 Å². The maximum atomic E-state index is 12.9. The first-order valence-corrected chi connectivity index (χ1v) is 15.4. The monoisotopic (exact) mass is 558 g/mol. The zero-order valence-corrected chi connectivity index (χ0v) is 24.8. The molecule has 7 nitrogen and oxygen atoms in total. The van der Waals surface area contributed by atoms with Crippen LogP contribution < -0.4 is 5.73 Å². The number of benzene rings is 1. The number of aliphatic imine (C=N–C) groups is 2. The minimum atomic E-state index is 0.244. The number of piperazine rings is 1. The normalized spacial score (nSPS) is 19.4. The van der Waals surface area contributed by atoms with Crippen LogP contribution in [0.25, 0.3) is 5.57 Å². The number of hydrogen-bond acceptors (Lipinski definition) is 5. The van der Waals surface area contributed by atoms with Gasteiger partial charge in [0.05, 0.1) is 29.2 Å². The Balaban J connectivity index is 1.22. The molecule has 2 N–H and O–H groups in total. The summed E-state index contributed by atoms with van der Waals surface area (Å²) in [4.78, 5) is 31.1. The van der Waals surface area contributed by atoms with Crippen LogP contribution in [0, 0.1) is 0 Å². The van der Waals surface area contributed by atoms with Crippen LogP contribution in [0.1, 0.15) is 61.3 Å². The number of nitrogens with zero attached hydrogens (tertiary/aromatic N) is 5. The van der Waals surface area contributed by atoms with Crippen LogP contribution in [0.2, 0.25) is 0 Å². The molecule has 8 heteroatoms. The molecule has 0 saturated carbocycles. The van der Waals surface area contributed by atoms with Gasteiger partial charge in [-0.15, -0.1) is 11.3 Å². The summed E-state index contributed by atoms with van der Waals surface area (Å²) in [6, 6.07) is 12.7. The smallest absolute Gasteiger partial charge is 0.320 e. The van der Waals surface area contributed by atoms with Crippen molar-refractivity contribution in [1.29, 1.82) is 0 Å². The predicted octanol–water partition coefficient (Wildman–Crippen LogP) is 6.09. The summed E-state index contributed by atoms with van der Waals surface area (Å²) in [6.07, 6.45) is 9.38. The van der Waals surface area contributed by atoms with E-state index in [0.29, 0.717) is 6.54 Å². The van der Waals surface area contributed by atoms with Crippen LogP contribution in [-0.2, 0) is 6.54 Å². The molecule has 212 valence electrons. The van der Waals surface area contributed by atoms with E-state index < -0.39 is 0 Å². The van der Waals surface area contributed by atoms with E-state index in [2.05, 4.69) is 57.8 Å². The molecule has 0 spiro atoms. The van der Waals surface area contributed by atoms with Gasteiger partial charge in [-0.1, -0.05) is 42.0 Å². The number of nitrogens with two attached hydrogens (primary N) is 1. The molecule has 40 heavy (non-hydrogen) atoms. The SMILES string of the molecule is CC(=NCc1ccccc1)c1sc(C2=C(C)C=C(CN3CCN(C(=O)N4CCCCC4)CC3)CC2)cc1N=CN. The van der Waals surface area contributed by atoms with Gasteiger partial charge in [-0.25, -0.2) is 9.79 Å². The Morgan fingerprint density at radius 3 is 2.42 bits per heavy atom. The molecular weight excluding hydrogens is 516 g/mol. The molecule has 3 aliphatic rings. The maximum absolute atomic E-state index is 12.9. The average molecular weight is 559 g/mol. The number of rotatable bonds is 7. The number of urea groups is 1. The Morgan fingerprint density at radius 2 is 1.73 bits per heavy atom. The number of thiophene rings is 1. The lowest BCUT2D eigenvalue weighted by Gasteiger charge is -2.39. The summed E-state index contributed by atoms with van der Waals surface area (Å²) in [5.41, 5.74) is 13.0. The number of hydrogen-bond donors (Lipinski definition) is 1. The highest BCUT2D eigenvalue weighted by Gasteiger charge is 2.27. The van der Waals surface area contributed by atoms with Gasteiger partial charge < -0.3 is 15.5 Å². The van der Waals surface area contributed by atoms with Gasteiger partial charge in [0.15, 0.2) is 0 Å². The van der Waals surface area contributed by atoms with E-state index in [1.54, 1.807) is 11.3 Å². The molecule has 2 aliphatic heterocycles. The van der Waals surface area contributed by atoms with Gasteiger partial charge in [0.2, 0.25) is 0 Å². The Bertz CT molecular complexity index is 1290. The van der Waals surface area contributed by atoms with Gasteiger partial charge >= 0.3 is 6.03 Å². The van der Waals surface area contributed by atoms with Crippen LogP contribution in [0.15, 0.2) is 63.6 Å². The summed E-state index contributed by atoms with van der Waals surface area (Å²) in [7, 11) is 0. The first-order valence-electron chi connectivity index (χ1n) is 14.6. The molecule has 2 saturated heterocycles. The second-order valence-electron chi connectivity index (χ2n) is 11.0. The van der Waals surface area contributed by atoms with Crippen molar-refractivity contribution in [2.75, 3.05) is 45.8 Å². The lowest BCUT2D eigenvalue weighted by atomic mass is 9.91. The zero-order chi connectivity index (χ0) is 27.9. The molecular formula is C32H42N6OS. The quantitative estimate of drug-likeness (QED) is 0.330. The van der Waals surface area contributed by atoms with Crippen molar-refractivity contribution in [3.63, 3.8) is 0 Å². The molecule has 0 bridgehead atoms. The second-order valence-corrected chi connectivity index (χ2v) is 12.1. The first kappa shape index (κ1) is 28.3. The zero-order valence-electron chi connectivity index (χ0n) is 23.9. The van der Waals surface area contributed by atoms with Gasteiger partial charge in [0.1, 0.15) is 0 Å². The van der Waals surface area contributed by atoms with Crippen molar-refractivity contribution in [2.45, 2.75) is 52.5 Å². The van der Waals surface area contributed by atoms with Crippen LogP contribution >= 0.6 is 11.3 Å². The molecule has 2 amide bonds. The Morgan fingerprint density at radius 1 is 1.00 bits per heavy atom. The second kappa shape index (κ2) is 13.4. The molecule has 2 aromatic rings. The van der Waals surface area contributed by atoms with Gasteiger partial charge in [-0.05, 0) is 68.7 Å².